The molecule has 2 aliphatic rings. The molecule has 0 aromatic heterocycles. The smallest absolute Gasteiger partial charge is 0.265 e. The SMILES string of the molecule is O=C(Nc1cccc(C(=O)N2CCC(COc3ccccc3)CC2)c1)C1Cc2ccccc2O1. The van der Waals surface area contributed by atoms with Gasteiger partial charge in [-0.25, -0.2) is 0 Å². The van der Waals surface area contributed by atoms with Crippen LogP contribution in [0.4, 0.5) is 5.69 Å². The lowest BCUT2D eigenvalue weighted by Crippen LogP contribution is -2.39. The molecule has 5 rings (SSSR count). The molecular formula is C28H28N2O4. The summed E-state index contributed by atoms with van der Waals surface area (Å²) in [6.07, 6.45) is 1.81. The van der Waals surface area contributed by atoms with E-state index in [1.807, 2.05) is 59.5 Å². The van der Waals surface area contributed by atoms with Gasteiger partial charge in [0.25, 0.3) is 11.8 Å². The van der Waals surface area contributed by atoms with Gasteiger partial charge in [-0.1, -0.05) is 42.5 Å². The lowest BCUT2D eigenvalue weighted by molar-refractivity contribution is -0.122. The van der Waals surface area contributed by atoms with Crippen LogP contribution in [0.25, 0.3) is 0 Å². The molecule has 0 spiro atoms. The number of anilines is 1. The van der Waals surface area contributed by atoms with Gasteiger partial charge >= 0.3 is 0 Å². The lowest BCUT2D eigenvalue weighted by atomic mass is 9.97. The number of rotatable bonds is 6. The van der Waals surface area contributed by atoms with Crippen molar-refractivity contribution in [1.29, 1.82) is 0 Å². The Morgan fingerprint density at radius 3 is 2.50 bits per heavy atom. The van der Waals surface area contributed by atoms with Gasteiger partial charge in [0.2, 0.25) is 0 Å². The number of nitrogens with one attached hydrogen (secondary N) is 1. The van der Waals surface area contributed by atoms with E-state index in [0.717, 1.165) is 29.9 Å². The fourth-order valence-electron chi connectivity index (χ4n) is 4.50. The van der Waals surface area contributed by atoms with Gasteiger partial charge < -0.3 is 19.7 Å². The average molecular weight is 457 g/mol. The third kappa shape index (κ3) is 5.06. The lowest BCUT2D eigenvalue weighted by Gasteiger charge is -2.32. The maximum atomic E-state index is 13.1. The molecule has 34 heavy (non-hydrogen) atoms. The minimum absolute atomic E-state index is 0.0111. The molecule has 0 saturated carbocycles. The second-order valence-electron chi connectivity index (χ2n) is 8.85. The van der Waals surface area contributed by atoms with Gasteiger partial charge in [-0.2, -0.15) is 0 Å². The van der Waals surface area contributed by atoms with Gasteiger partial charge in [0.05, 0.1) is 6.61 Å². The molecule has 3 aromatic carbocycles. The van der Waals surface area contributed by atoms with Crippen molar-refractivity contribution in [3.63, 3.8) is 0 Å². The van der Waals surface area contributed by atoms with Gasteiger partial charge in [0.15, 0.2) is 6.10 Å². The second-order valence-corrected chi connectivity index (χ2v) is 8.85. The molecule has 1 fully saturated rings. The van der Waals surface area contributed by atoms with Gasteiger partial charge in [0, 0.05) is 30.8 Å². The highest BCUT2D eigenvalue weighted by Crippen LogP contribution is 2.29. The molecule has 1 atom stereocenters. The summed E-state index contributed by atoms with van der Waals surface area (Å²) in [6.45, 7) is 2.07. The Morgan fingerprint density at radius 2 is 1.71 bits per heavy atom. The van der Waals surface area contributed by atoms with Gasteiger partial charge in [-0.05, 0) is 60.7 Å². The first-order valence-corrected chi connectivity index (χ1v) is 11.8. The van der Waals surface area contributed by atoms with Crippen LogP contribution in [0.2, 0.25) is 0 Å². The van der Waals surface area contributed by atoms with Crippen LogP contribution in [0.5, 0.6) is 11.5 Å². The molecule has 174 valence electrons. The van der Waals surface area contributed by atoms with Crippen molar-refractivity contribution in [3.05, 3.63) is 90.0 Å². The van der Waals surface area contributed by atoms with E-state index >= 15 is 0 Å². The number of carbonyl (C=O) groups is 2. The van der Waals surface area contributed by atoms with Gasteiger partial charge in [-0.15, -0.1) is 0 Å². The topological polar surface area (TPSA) is 67.9 Å². The summed E-state index contributed by atoms with van der Waals surface area (Å²) in [6, 6.07) is 24.6. The zero-order valence-corrected chi connectivity index (χ0v) is 19.0. The van der Waals surface area contributed by atoms with Crippen molar-refractivity contribution in [2.24, 2.45) is 5.92 Å². The highest BCUT2D eigenvalue weighted by Gasteiger charge is 2.29. The fourth-order valence-corrected chi connectivity index (χ4v) is 4.50. The third-order valence-electron chi connectivity index (χ3n) is 6.45. The maximum absolute atomic E-state index is 13.1. The van der Waals surface area contributed by atoms with E-state index in [9.17, 15) is 9.59 Å². The van der Waals surface area contributed by atoms with E-state index in [2.05, 4.69) is 5.32 Å². The van der Waals surface area contributed by atoms with Crippen molar-refractivity contribution >= 4 is 17.5 Å². The number of para-hydroxylation sites is 2. The first-order chi connectivity index (χ1) is 16.7. The molecule has 0 radical (unpaired) electrons. The molecule has 6 nitrogen and oxygen atoms in total. The highest BCUT2D eigenvalue weighted by atomic mass is 16.5. The van der Waals surface area contributed by atoms with E-state index in [1.54, 1.807) is 24.3 Å². The summed E-state index contributed by atoms with van der Waals surface area (Å²) in [5.74, 6) is 1.85. The number of benzene rings is 3. The van der Waals surface area contributed by atoms with Crippen LogP contribution < -0.4 is 14.8 Å². The minimum atomic E-state index is -0.561. The second kappa shape index (κ2) is 10.00. The number of fused-ring (bicyclic) bond motifs is 1. The Kier molecular flexibility index (Phi) is 6.47. The average Bonchev–Trinajstić information content (AvgIpc) is 3.33. The van der Waals surface area contributed by atoms with Gasteiger partial charge in [-0.3, -0.25) is 9.59 Å². The largest absolute Gasteiger partial charge is 0.493 e. The molecule has 2 amide bonds. The van der Waals surface area contributed by atoms with Crippen LogP contribution in [0.3, 0.4) is 0 Å². The Labute approximate surface area is 199 Å². The van der Waals surface area contributed by atoms with Crippen LogP contribution >= 0.6 is 0 Å². The summed E-state index contributed by atoms with van der Waals surface area (Å²) in [4.78, 5) is 27.7. The first kappa shape index (κ1) is 22.0. The van der Waals surface area contributed by atoms with Crippen LogP contribution in [-0.4, -0.2) is 42.5 Å². The molecule has 3 aromatic rings. The Hall–Kier alpha value is -3.80. The predicted molar refractivity (Wildman–Crippen MR) is 130 cm³/mol. The molecular weight excluding hydrogens is 428 g/mol. The first-order valence-electron chi connectivity index (χ1n) is 11.8. The van der Waals surface area contributed by atoms with E-state index in [1.165, 1.54) is 0 Å². The van der Waals surface area contributed by atoms with E-state index < -0.39 is 6.10 Å². The molecule has 2 heterocycles. The molecule has 1 N–H and O–H groups in total. The molecule has 1 unspecified atom stereocenters. The van der Waals surface area contributed by atoms with E-state index in [4.69, 9.17) is 9.47 Å². The number of piperidine rings is 1. The summed E-state index contributed by atoms with van der Waals surface area (Å²) in [5, 5.41) is 2.91. The zero-order chi connectivity index (χ0) is 23.3. The van der Waals surface area contributed by atoms with Crippen molar-refractivity contribution in [3.8, 4) is 11.5 Å². The number of likely N-dealkylation sites (tertiary alicyclic amines) is 1. The summed E-state index contributed by atoms with van der Waals surface area (Å²) in [5.41, 5.74) is 2.21. The predicted octanol–water partition coefficient (Wildman–Crippen LogP) is 4.56. The van der Waals surface area contributed by atoms with Crippen molar-refractivity contribution < 1.29 is 19.1 Å². The van der Waals surface area contributed by atoms with Crippen molar-refractivity contribution in [1.82, 2.24) is 4.90 Å². The number of ether oxygens (including phenoxy) is 2. The fraction of sp³-hybridized carbons (Fsp3) is 0.286. The van der Waals surface area contributed by atoms with Crippen LogP contribution in [0, 0.1) is 5.92 Å². The number of hydrogen-bond acceptors (Lipinski definition) is 4. The summed E-state index contributed by atoms with van der Waals surface area (Å²) < 4.78 is 11.7. The van der Waals surface area contributed by atoms with E-state index in [0.29, 0.717) is 43.3 Å². The molecule has 2 aliphatic heterocycles. The Morgan fingerprint density at radius 1 is 0.941 bits per heavy atom. The highest BCUT2D eigenvalue weighted by molar-refractivity contribution is 5.98. The standard InChI is InChI=1S/C28H28N2O4/c31-27(26-18-21-7-4-5-12-25(21)34-26)29-23-9-6-8-22(17-23)28(32)30-15-13-20(14-16-30)19-33-24-10-2-1-3-11-24/h1-12,17,20,26H,13-16,18-19H2,(H,29,31). The van der Waals surface area contributed by atoms with Crippen LogP contribution in [-0.2, 0) is 11.2 Å². The Balaban J connectivity index is 1.13. The molecule has 0 bridgehead atoms. The van der Waals surface area contributed by atoms with Crippen molar-refractivity contribution in [2.45, 2.75) is 25.4 Å². The number of carbonyl (C=O) groups excluding carboxylic acids is 2. The number of nitrogens with zero attached hydrogens (tertiary/aromatic N) is 1. The quantitative estimate of drug-likeness (QED) is 0.591. The minimum Gasteiger partial charge on any atom is -0.493 e. The van der Waals surface area contributed by atoms with Crippen LogP contribution in [0.15, 0.2) is 78.9 Å². The number of amides is 2. The normalized spacial score (nSPS) is 17.5. The van der Waals surface area contributed by atoms with Gasteiger partial charge in [0.1, 0.15) is 11.5 Å². The zero-order valence-electron chi connectivity index (χ0n) is 19.0. The maximum Gasteiger partial charge on any atom is 0.265 e. The molecule has 6 heteroatoms. The van der Waals surface area contributed by atoms with Crippen molar-refractivity contribution in [2.75, 3.05) is 25.0 Å². The molecule has 0 aliphatic carbocycles. The number of hydrogen-bond donors (Lipinski definition) is 1. The Bertz CT molecular complexity index is 1130. The monoisotopic (exact) mass is 456 g/mol. The van der Waals surface area contributed by atoms with E-state index in [-0.39, 0.29) is 11.8 Å². The molecule has 1 saturated heterocycles. The summed E-state index contributed by atoms with van der Waals surface area (Å²) >= 11 is 0. The third-order valence-corrected chi connectivity index (χ3v) is 6.45. The van der Waals surface area contributed by atoms with Crippen LogP contribution in [0.1, 0.15) is 28.8 Å². The summed E-state index contributed by atoms with van der Waals surface area (Å²) in [7, 11) is 0.